The normalized spacial score (nSPS) is 11.7. The lowest BCUT2D eigenvalue weighted by molar-refractivity contribution is -0.129. The predicted octanol–water partition coefficient (Wildman–Crippen LogP) is 4.28. The van der Waals surface area contributed by atoms with E-state index in [1.165, 1.54) is 12.3 Å². The molecule has 0 fully saturated rings. The molecule has 1 aromatic heterocycles. The Labute approximate surface area is 224 Å². The van der Waals surface area contributed by atoms with Crippen molar-refractivity contribution in [2.75, 3.05) is 0 Å². The van der Waals surface area contributed by atoms with E-state index in [0.717, 1.165) is 35.4 Å². The number of carbonyl (C=O) groups is 3. The lowest BCUT2D eigenvalue weighted by Crippen LogP contribution is -2.41. The van der Waals surface area contributed by atoms with E-state index in [0.29, 0.717) is 29.6 Å². The van der Waals surface area contributed by atoms with Crippen LogP contribution in [0.3, 0.4) is 0 Å². The molecule has 3 aromatic rings. The largest absolute Gasteiger partial charge is 0.478 e. The molecular formula is C27H31BrN4O5. The number of nitrogens with one attached hydrogen (secondary N) is 2. The van der Waals surface area contributed by atoms with Gasteiger partial charge in [0.05, 0.1) is 11.8 Å². The van der Waals surface area contributed by atoms with Crippen LogP contribution in [0.5, 0.6) is 0 Å². The fourth-order valence-corrected chi connectivity index (χ4v) is 4.72. The van der Waals surface area contributed by atoms with E-state index in [-0.39, 0.29) is 17.9 Å². The Bertz CT molecular complexity index is 1270. The highest BCUT2D eigenvalue weighted by atomic mass is 79.9. The number of aromatic carboxylic acids is 1. The van der Waals surface area contributed by atoms with Gasteiger partial charge in [-0.3, -0.25) is 14.8 Å². The maximum absolute atomic E-state index is 13.5. The molecule has 0 aliphatic heterocycles. The molecule has 0 radical (unpaired) electrons. The van der Waals surface area contributed by atoms with Crippen molar-refractivity contribution in [1.29, 1.82) is 0 Å². The van der Waals surface area contributed by atoms with Gasteiger partial charge in [-0.2, -0.15) is 0 Å². The molecule has 3 rings (SSSR count). The van der Waals surface area contributed by atoms with Gasteiger partial charge in [-0.1, -0.05) is 43.7 Å². The molecule has 0 saturated carbocycles. The number of aromatic nitrogens is 2. The molecule has 9 nitrogen and oxygen atoms in total. The first-order valence-electron chi connectivity index (χ1n) is 12.1. The van der Waals surface area contributed by atoms with E-state index in [1.807, 2.05) is 35.8 Å². The Balaban J connectivity index is 1.90. The third-order valence-electron chi connectivity index (χ3n) is 6.15. The third kappa shape index (κ3) is 7.50. The number of carbonyl (C=O) groups excluding carboxylic acids is 2. The number of hydrogen-bond acceptors (Lipinski definition) is 5. The molecule has 1 unspecified atom stereocenters. The number of amides is 2. The summed E-state index contributed by atoms with van der Waals surface area (Å²) in [5.74, 6) is -1.27. The monoisotopic (exact) mass is 570 g/mol. The summed E-state index contributed by atoms with van der Waals surface area (Å²) in [6, 6.07) is 12.1. The maximum Gasteiger partial charge on any atom is 0.336 e. The maximum atomic E-state index is 13.5. The summed E-state index contributed by atoms with van der Waals surface area (Å²) in [6.07, 6.45) is 4.37. The van der Waals surface area contributed by atoms with Crippen molar-refractivity contribution < 1.29 is 24.7 Å². The Kier molecular flexibility index (Phi) is 9.99. The minimum absolute atomic E-state index is 0.100. The third-order valence-corrected chi connectivity index (χ3v) is 6.80. The first kappa shape index (κ1) is 28.1. The quantitative estimate of drug-likeness (QED) is 0.190. The van der Waals surface area contributed by atoms with Gasteiger partial charge in [-0.15, -0.1) is 0 Å². The van der Waals surface area contributed by atoms with Crippen LogP contribution in [0.25, 0.3) is 0 Å². The van der Waals surface area contributed by atoms with E-state index in [1.54, 1.807) is 17.6 Å². The number of benzene rings is 2. The number of imidazole rings is 1. The van der Waals surface area contributed by atoms with Crippen molar-refractivity contribution in [3.63, 3.8) is 0 Å². The van der Waals surface area contributed by atoms with Crippen LogP contribution in [-0.2, 0) is 24.2 Å². The van der Waals surface area contributed by atoms with Crippen LogP contribution in [0, 0.1) is 6.92 Å². The molecule has 1 atom stereocenters. The van der Waals surface area contributed by atoms with Crippen molar-refractivity contribution in [2.24, 2.45) is 0 Å². The molecule has 0 spiro atoms. The van der Waals surface area contributed by atoms with Crippen molar-refractivity contribution in [2.45, 2.75) is 58.5 Å². The number of carboxylic acid groups (broad SMARTS) is 1. The average molecular weight is 571 g/mol. The minimum Gasteiger partial charge on any atom is -0.478 e. The van der Waals surface area contributed by atoms with Gasteiger partial charge in [-0.25, -0.2) is 15.3 Å². The topological polar surface area (TPSA) is 134 Å². The van der Waals surface area contributed by atoms with Crippen LogP contribution < -0.4 is 10.8 Å². The van der Waals surface area contributed by atoms with Crippen LogP contribution in [0.1, 0.15) is 69.5 Å². The zero-order chi connectivity index (χ0) is 26.9. The van der Waals surface area contributed by atoms with Gasteiger partial charge in [0.1, 0.15) is 11.5 Å². The number of nitrogens with zero attached hydrogens (tertiary/aromatic N) is 2. The van der Waals surface area contributed by atoms with Crippen molar-refractivity contribution in [3.05, 3.63) is 86.9 Å². The number of unbranched alkanes of at least 4 members (excludes halogenated alkanes) is 1. The average Bonchev–Trinajstić information content (AvgIpc) is 3.26. The van der Waals surface area contributed by atoms with Gasteiger partial charge in [0.25, 0.3) is 5.91 Å². The fourth-order valence-electron chi connectivity index (χ4n) is 4.13. The van der Waals surface area contributed by atoms with Gasteiger partial charge in [-0.05, 0) is 64.5 Å². The summed E-state index contributed by atoms with van der Waals surface area (Å²) in [5, 5.41) is 21.3. The van der Waals surface area contributed by atoms with Crippen LogP contribution in [0.4, 0.5) is 0 Å². The van der Waals surface area contributed by atoms with Crippen LogP contribution in [0.15, 0.2) is 53.1 Å². The van der Waals surface area contributed by atoms with E-state index in [4.69, 9.17) is 5.21 Å². The SMILES string of the molecule is CCCCc1ncc(C(=O)NC(CC(=O)NO)Cc2ccccc2C)n1Cc1ccc(C(=O)O)c(Br)c1. The number of hydrogen-bond donors (Lipinski definition) is 4. The molecule has 0 aliphatic carbocycles. The molecular weight excluding hydrogens is 540 g/mol. The van der Waals surface area contributed by atoms with Gasteiger partial charge >= 0.3 is 5.97 Å². The summed E-state index contributed by atoms with van der Waals surface area (Å²) in [7, 11) is 0. The molecule has 0 bridgehead atoms. The Morgan fingerprint density at radius 1 is 1.16 bits per heavy atom. The van der Waals surface area contributed by atoms with Gasteiger partial charge in [0.2, 0.25) is 5.91 Å². The number of rotatable bonds is 12. The molecule has 0 saturated heterocycles. The molecule has 2 aromatic carbocycles. The molecule has 4 N–H and O–H groups in total. The molecule has 10 heteroatoms. The number of aryl methyl sites for hydroxylation is 2. The van der Waals surface area contributed by atoms with Gasteiger partial charge in [0, 0.05) is 29.9 Å². The Morgan fingerprint density at radius 3 is 2.57 bits per heavy atom. The van der Waals surface area contributed by atoms with Crippen molar-refractivity contribution >= 4 is 33.7 Å². The summed E-state index contributed by atoms with van der Waals surface area (Å²) in [4.78, 5) is 41.3. The number of carboxylic acids is 1. The van der Waals surface area contributed by atoms with Crippen LogP contribution >= 0.6 is 15.9 Å². The second-order valence-corrected chi connectivity index (χ2v) is 9.76. The Morgan fingerprint density at radius 2 is 1.92 bits per heavy atom. The van der Waals surface area contributed by atoms with E-state index >= 15 is 0 Å². The zero-order valence-corrected chi connectivity index (χ0v) is 22.4. The molecule has 2 amide bonds. The molecule has 196 valence electrons. The molecule has 0 aliphatic rings. The highest BCUT2D eigenvalue weighted by molar-refractivity contribution is 9.10. The highest BCUT2D eigenvalue weighted by Crippen LogP contribution is 2.21. The molecule has 37 heavy (non-hydrogen) atoms. The smallest absolute Gasteiger partial charge is 0.336 e. The van der Waals surface area contributed by atoms with Gasteiger partial charge < -0.3 is 15.0 Å². The van der Waals surface area contributed by atoms with Crippen molar-refractivity contribution in [1.82, 2.24) is 20.3 Å². The summed E-state index contributed by atoms with van der Waals surface area (Å²) < 4.78 is 2.27. The summed E-state index contributed by atoms with van der Waals surface area (Å²) in [5.41, 5.74) is 4.96. The van der Waals surface area contributed by atoms with Crippen LogP contribution in [-0.4, -0.2) is 43.7 Å². The lowest BCUT2D eigenvalue weighted by Gasteiger charge is -2.20. The summed E-state index contributed by atoms with van der Waals surface area (Å²) >= 11 is 3.32. The van der Waals surface area contributed by atoms with E-state index in [2.05, 4.69) is 33.2 Å². The Hall–Kier alpha value is -3.50. The number of halogens is 1. The fraction of sp³-hybridized carbons (Fsp3) is 0.333. The van der Waals surface area contributed by atoms with Crippen LogP contribution in [0.2, 0.25) is 0 Å². The highest BCUT2D eigenvalue weighted by Gasteiger charge is 2.23. The van der Waals surface area contributed by atoms with E-state index < -0.39 is 17.9 Å². The number of hydroxylamine groups is 1. The zero-order valence-electron chi connectivity index (χ0n) is 20.8. The molecule has 1 heterocycles. The van der Waals surface area contributed by atoms with Gasteiger partial charge in [0.15, 0.2) is 0 Å². The summed E-state index contributed by atoms with van der Waals surface area (Å²) in [6.45, 7) is 4.36. The second kappa shape index (κ2) is 13.2. The first-order chi connectivity index (χ1) is 17.7. The van der Waals surface area contributed by atoms with E-state index in [9.17, 15) is 19.5 Å². The first-order valence-corrected chi connectivity index (χ1v) is 12.9. The predicted molar refractivity (Wildman–Crippen MR) is 142 cm³/mol. The second-order valence-electron chi connectivity index (χ2n) is 8.91. The minimum atomic E-state index is -1.03. The van der Waals surface area contributed by atoms with Crippen molar-refractivity contribution in [3.8, 4) is 0 Å². The standard InChI is InChI=1S/C27H31BrN4O5/c1-3-4-9-24-29-15-23(32(24)16-18-10-11-21(27(35)36)22(28)12-18)26(34)30-20(14-25(33)31-37)13-19-8-6-5-7-17(19)2/h5-8,10-12,15,20,37H,3-4,9,13-14,16H2,1-2H3,(H,30,34)(H,31,33)(H,35,36). The lowest BCUT2D eigenvalue weighted by atomic mass is 9.99.